The van der Waals surface area contributed by atoms with E-state index in [9.17, 15) is 10.3 Å². The Kier molecular flexibility index (Phi) is 10.3. The molecule has 0 aromatic heterocycles. The molecule has 1 heterocycles. The molecule has 3 aromatic rings. The molecule has 1 aliphatic rings. The smallest absolute Gasteiger partial charge is 0.252 e. The predicted molar refractivity (Wildman–Crippen MR) is 160 cm³/mol. The van der Waals surface area contributed by atoms with Crippen molar-refractivity contribution in [2.45, 2.75) is 30.9 Å². The summed E-state index contributed by atoms with van der Waals surface area (Å²) in [5.41, 5.74) is 10.1. The van der Waals surface area contributed by atoms with Crippen molar-refractivity contribution in [1.82, 2.24) is 5.32 Å². The van der Waals surface area contributed by atoms with E-state index in [0.717, 1.165) is 5.56 Å². The molecule has 0 saturated carbocycles. The maximum Gasteiger partial charge on any atom is 0.252 e. The molecular weight excluding hydrogens is 565 g/mol. The van der Waals surface area contributed by atoms with E-state index in [0.29, 0.717) is 52.1 Å². The van der Waals surface area contributed by atoms with Crippen LogP contribution in [0.1, 0.15) is 35.6 Å². The number of carbonyl (C=O) groups is 1. The Balaban J connectivity index is 1.67. The number of rotatable bonds is 13. The van der Waals surface area contributed by atoms with Crippen LogP contribution in [0.15, 0.2) is 89.5 Å². The van der Waals surface area contributed by atoms with Crippen LogP contribution >= 0.6 is 23.2 Å². The standard InChI is InChI=1S/C30H29Cl2N5O4/c1-2-15-30(29(39)34-16-14-20-8-11-22(31)19-25(20)32)27(24-6-3-4-7-26(24)36-37-33)41-28(35-30)21-9-12-23(13-10-21)40-18-5-17-38/h2-4,6-13,19,27,38H,1,5,14-18H2,(H,34,39)/t27-,30-/m1/s1. The number of amides is 1. The highest BCUT2D eigenvalue weighted by molar-refractivity contribution is 6.35. The molecule has 0 fully saturated rings. The van der Waals surface area contributed by atoms with Crippen LogP contribution in [0.2, 0.25) is 10.0 Å². The van der Waals surface area contributed by atoms with Gasteiger partial charge in [-0.2, -0.15) is 0 Å². The fraction of sp³-hybridized carbons (Fsp3) is 0.267. The van der Waals surface area contributed by atoms with E-state index in [4.69, 9.17) is 42.8 Å². The first-order valence-corrected chi connectivity index (χ1v) is 13.7. The normalized spacial score (nSPS) is 17.6. The van der Waals surface area contributed by atoms with E-state index in [1.807, 2.05) is 6.07 Å². The largest absolute Gasteiger partial charge is 0.494 e. The summed E-state index contributed by atoms with van der Waals surface area (Å²) in [5, 5.41) is 16.9. The van der Waals surface area contributed by atoms with Gasteiger partial charge in [0.25, 0.3) is 5.91 Å². The van der Waals surface area contributed by atoms with Gasteiger partial charge in [-0.1, -0.05) is 64.7 Å². The highest BCUT2D eigenvalue weighted by atomic mass is 35.5. The zero-order valence-corrected chi connectivity index (χ0v) is 23.7. The van der Waals surface area contributed by atoms with Gasteiger partial charge in [-0.3, -0.25) is 4.79 Å². The monoisotopic (exact) mass is 593 g/mol. The number of aliphatic hydroxyl groups is 1. The van der Waals surface area contributed by atoms with Gasteiger partial charge < -0.3 is 19.9 Å². The average molecular weight is 594 g/mol. The summed E-state index contributed by atoms with van der Waals surface area (Å²) >= 11 is 12.3. The minimum absolute atomic E-state index is 0.0433. The number of ether oxygens (including phenoxy) is 2. The number of azide groups is 1. The van der Waals surface area contributed by atoms with E-state index in [1.165, 1.54) is 0 Å². The van der Waals surface area contributed by atoms with Crippen LogP contribution in [0.3, 0.4) is 0 Å². The van der Waals surface area contributed by atoms with Crippen molar-refractivity contribution in [2.24, 2.45) is 10.1 Å². The third-order valence-corrected chi connectivity index (χ3v) is 7.14. The number of hydrogen-bond donors (Lipinski definition) is 2. The minimum atomic E-state index is -1.43. The number of aliphatic imine (C=N–C) groups is 1. The highest BCUT2D eigenvalue weighted by Crippen LogP contribution is 2.45. The van der Waals surface area contributed by atoms with E-state index < -0.39 is 11.6 Å². The quantitative estimate of drug-likeness (QED) is 0.0734. The van der Waals surface area contributed by atoms with Gasteiger partial charge in [0.15, 0.2) is 11.6 Å². The van der Waals surface area contributed by atoms with Crippen LogP contribution in [-0.4, -0.2) is 42.2 Å². The lowest BCUT2D eigenvalue weighted by atomic mass is 9.83. The lowest BCUT2D eigenvalue weighted by Crippen LogP contribution is -2.48. The van der Waals surface area contributed by atoms with Crippen molar-refractivity contribution in [3.63, 3.8) is 0 Å². The number of nitrogens with zero attached hydrogens (tertiary/aromatic N) is 4. The Hall–Kier alpha value is -4.01. The van der Waals surface area contributed by atoms with Gasteiger partial charge in [-0.25, -0.2) is 4.99 Å². The second kappa shape index (κ2) is 14.1. The third-order valence-electron chi connectivity index (χ3n) is 6.55. The molecule has 3 aromatic carbocycles. The fourth-order valence-corrected chi connectivity index (χ4v) is 5.05. The Morgan fingerprint density at radius 1 is 1.22 bits per heavy atom. The molecule has 2 N–H and O–H groups in total. The van der Waals surface area contributed by atoms with Crippen LogP contribution in [0.25, 0.3) is 10.4 Å². The third kappa shape index (κ3) is 7.01. The van der Waals surface area contributed by atoms with Crippen LogP contribution in [0, 0.1) is 0 Å². The molecular formula is C30H29Cl2N5O4. The first-order valence-electron chi connectivity index (χ1n) is 13.0. The molecule has 1 aliphatic heterocycles. The molecule has 0 spiro atoms. The lowest BCUT2D eigenvalue weighted by Gasteiger charge is -2.30. The zero-order valence-electron chi connectivity index (χ0n) is 22.2. The second-order valence-corrected chi connectivity index (χ2v) is 10.1. The van der Waals surface area contributed by atoms with E-state index in [1.54, 1.807) is 66.7 Å². The van der Waals surface area contributed by atoms with Gasteiger partial charge in [0.2, 0.25) is 5.90 Å². The predicted octanol–water partition coefficient (Wildman–Crippen LogP) is 6.89. The number of carbonyl (C=O) groups excluding carboxylic acids is 1. The lowest BCUT2D eigenvalue weighted by molar-refractivity contribution is -0.128. The Morgan fingerprint density at radius 3 is 2.71 bits per heavy atom. The first kappa shape index (κ1) is 30.0. The van der Waals surface area contributed by atoms with E-state index in [2.05, 4.69) is 21.9 Å². The van der Waals surface area contributed by atoms with Crippen LogP contribution in [-0.2, 0) is 16.0 Å². The minimum Gasteiger partial charge on any atom is -0.494 e. The van der Waals surface area contributed by atoms with Crippen molar-refractivity contribution in [2.75, 3.05) is 19.8 Å². The van der Waals surface area contributed by atoms with Gasteiger partial charge in [-0.15, -0.1) is 6.58 Å². The summed E-state index contributed by atoms with van der Waals surface area (Å²) in [7, 11) is 0. The zero-order chi connectivity index (χ0) is 29.2. The van der Waals surface area contributed by atoms with Gasteiger partial charge in [0, 0.05) is 57.8 Å². The van der Waals surface area contributed by atoms with Gasteiger partial charge in [-0.05, 0) is 53.9 Å². The molecule has 4 rings (SSSR count). The number of aliphatic hydroxyl groups excluding tert-OH is 1. The van der Waals surface area contributed by atoms with Crippen molar-refractivity contribution in [3.8, 4) is 5.75 Å². The summed E-state index contributed by atoms with van der Waals surface area (Å²) in [5.74, 6) is 0.509. The summed E-state index contributed by atoms with van der Waals surface area (Å²) in [6.45, 7) is 4.59. The van der Waals surface area contributed by atoms with Gasteiger partial charge in [0.05, 0.1) is 6.61 Å². The summed E-state index contributed by atoms with van der Waals surface area (Å²) in [4.78, 5) is 21.8. The molecule has 1 amide bonds. The summed E-state index contributed by atoms with van der Waals surface area (Å²) < 4.78 is 12.0. The van der Waals surface area contributed by atoms with Crippen LogP contribution in [0.5, 0.6) is 5.75 Å². The van der Waals surface area contributed by atoms with E-state index in [-0.39, 0.29) is 31.4 Å². The maximum absolute atomic E-state index is 14.0. The molecule has 0 bridgehead atoms. The molecule has 11 heteroatoms. The molecule has 0 radical (unpaired) electrons. The van der Waals surface area contributed by atoms with Crippen LogP contribution < -0.4 is 10.1 Å². The van der Waals surface area contributed by atoms with Crippen molar-refractivity contribution in [1.29, 1.82) is 0 Å². The summed E-state index contributed by atoms with van der Waals surface area (Å²) in [6, 6.07) is 19.3. The molecule has 41 heavy (non-hydrogen) atoms. The topological polar surface area (TPSA) is 129 Å². The average Bonchev–Trinajstić information content (AvgIpc) is 3.35. The Bertz CT molecular complexity index is 1470. The number of nitrogens with one attached hydrogen (secondary N) is 1. The molecule has 212 valence electrons. The SMILES string of the molecule is C=CC[C@@]1(C(=O)NCCc2ccc(Cl)cc2Cl)N=C(c2ccc(OCCCO)cc2)O[C@@H]1c1ccccc1N=[N+]=[N-]. The number of benzene rings is 3. The Labute approximate surface area is 248 Å². The number of hydrogen-bond acceptors (Lipinski definition) is 6. The summed E-state index contributed by atoms with van der Waals surface area (Å²) in [6.07, 6.45) is 1.86. The first-order chi connectivity index (χ1) is 19.9. The van der Waals surface area contributed by atoms with E-state index >= 15 is 0 Å². The molecule has 0 aliphatic carbocycles. The Morgan fingerprint density at radius 2 is 2.00 bits per heavy atom. The van der Waals surface area contributed by atoms with Crippen molar-refractivity contribution >= 4 is 40.7 Å². The molecule has 0 unspecified atom stereocenters. The van der Waals surface area contributed by atoms with Crippen LogP contribution in [0.4, 0.5) is 5.69 Å². The molecule has 2 atom stereocenters. The van der Waals surface area contributed by atoms with Gasteiger partial charge in [0.1, 0.15) is 5.75 Å². The molecule has 0 saturated heterocycles. The van der Waals surface area contributed by atoms with Gasteiger partial charge >= 0.3 is 0 Å². The van der Waals surface area contributed by atoms with Crippen molar-refractivity contribution in [3.05, 3.63) is 117 Å². The maximum atomic E-state index is 14.0. The fourth-order valence-electron chi connectivity index (χ4n) is 4.55. The van der Waals surface area contributed by atoms with Crippen molar-refractivity contribution < 1.29 is 19.4 Å². The molecule has 9 nitrogen and oxygen atoms in total. The number of halogens is 2. The highest BCUT2D eigenvalue weighted by Gasteiger charge is 2.52. The second-order valence-electron chi connectivity index (χ2n) is 9.27.